The van der Waals surface area contributed by atoms with Gasteiger partial charge in [0, 0.05) is 18.7 Å². The highest BCUT2D eigenvalue weighted by Crippen LogP contribution is 2.17. The Bertz CT molecular complexity index is 357. The fourth-order valence-electron chi connectivity index (χ4n) is 1.42. The van der Waals surface area contributed by atoms with Gasteiger partial charge >= 0.3 is 0 Å². The maximum Gasteiger partial charge on any atom is 0.123 e. The van der Waals surface area contributed by atoms with Gasteiger partial charge in [0.1, 0.15) is 5.75 Å². The Morgan fingerprint density at radius 3 is 2.88 bits per heavy atom. The van der Waals surface area contributed by atoms with Crippen molar-refractivity contribution in [3.05, 3.63) is 29.8 Å². The predicted octanol–water partition coefficient (Wildman–Crippen LogP) is 2.33. The van der Waals surface area contributed by atoms with Crippen molar-refractivity contribution < 1.29 is 4.74 Å². The summed E-state index contributed by atoms with van der Waals surface area (Å²) in [5, 5.41) is 11.9. The summed E-state index contributed by atoms with van der Waals surface area (Å²) >= 11 is 0. The van der Waals surface area contributed by atoms with E-state index in [-0.39, 0.29) is 5.92 Å². The summed E-state index contributed by atoms with van der Waals surface area (Å²) in [6.45, 7) is 5.99. The van der Waals surface area contributed by atoms with Crippen LogP contribution in [-0.2, 0) is 6.54 Å². The van der Waals surface area contributed by atoms with Crippen LogP contribution in [0.3, 0.4) is 0 Å². The van der Waals surface area contributed by atoms with Crippen molar-refractivity contribution in [2.75, 3.05) is 13.2 Å². The number of nitrogens with zero attached hydrogens (tertiary/aromatic N) is 1. The molecule has 0 bridgehead atoms. The number of hydrogen-bond acceptors (Lipinski definition) is 3. The number of nitriles is 1. The highest BCUT2D eigenvalue weighted by molar-refractivity contribution is 5.33. The molecule has 86 valence electrons. The van der Waals surface area contributed by atoms with E-state index in [9.17, 15) is 0 Å². The molecule has 0 heterocycles. The Balaban J connectivity index is 2.50. The summed E-state index contributed by atoms with van der Waals surface area (Å²) in [5.41, 5.74) is 1.13. The van der Waals surface area contributed by atoms with Gasteiger partial charge in [-0.15, -0.1) is 0 Å². The molecule has 0 saturated heterocycles. The largest absolute Gasteiger partial charge is 0.494 e. The van der Waals surface area contributed by atoms with E-state index in [1.165, 1.54) is 0 Å². The van der Waals surface area contributed by atoms with E-state index in [1.807, 2.05) is 38.1 Å². The van der Waals surface area contributed by atoms with E-state index < -0.39 is 0 Å². The first-order valence-electron chi connectivity index (χ1n) is 5.59. The van der Waals surface area contributed by atoms with Crippen molar-refractivity contribution in [2.45, 2.75) is 20.4 Å². The van der Waals surface area contributed by atoms with Gasteiger partial charge in [-0.2, -0.15) is 5.26 Å². The normalized spacial score (nSPS) is 11.8. The molecule has 0 spiro atoms. The molecule has 1 unspecified atom stereocenters. The molecule has 3 nitrogen and oxygen atoms in total. The molecule has 3 heteroatoms. The molecular weight excluding hydrogens is 200 g/mol. The lowest BCUT2D eigenvalue weighted by Gasteiger charge is -2.11. The van der Waals surface area contributed by atoms with Crippen LogP contribution in [0.1, 0.15) is 19.4 Å². The van der Waals surface area contributed by atoms with Crippen LogP contribution >= 0.6 is 0 Å². The highest BCUT2D eigenvalue weighted by atomic mass is 16.5. The van der Waals surface area contributed by atoms with Crippen LogP contribution in [0.2, 0.25) is 0 Å². The summed E-state index contributed by atoms with van der Waals surface area (Å²) in [5.74, 6) is 0.960. The van der Waals surface area contributed by atoms with Gasteiger partial charge in [0.05, 0.1) is 18.6 Å². The number of ether oxygens (including phenoxy) is 1. The van der Waals surface area contributed by atoms with E-state index in [0.717, 1.165) is 17.9 Å². The van der Waals surface area contributed by atoms with Crippen LogP contribution in [0, 0.1) is 17.2 Å². The van der Waals surface area contributed by atoms with Gasteiger partial charge in [-0.05, 0) is 19.9 Å². The first-order valence-corrected chi connectivity index (χ1v) is 5.59. The van der Waals surface area contributed by atoms with Crippen molar-refractivity contribution in [3.63, 3.8) is 0 Å². The van der Waals surface area contributed by atoms with Crippen molar-refractivity contribution in [3.8, 4) is 11.8 Å². The highest BCUT2D eigenvalue weighted by Gasteiger charge is 2.03. The molecule has 0 fully saturated rings. The molecule has 0 amide bonds. The van der Waals surface area contributed by atoms with E-state index >= 15 is 0 Å². The molecule has 1 aromatic carbocycles. The fourth-order valence-corrected chi connectivity index (χ4v) is 1.42. The Kier molecular flexibility index (Phi) is 5.38. The van der Waals surface area contributed by atoms with Crippen molar-refractivity contribution in [1.82, 2.24) is 5.32 Å². The third-order valence-corrected chi connectivity index (χ3v) is 2.26. The first-order chi connectivity index (χ1) is 7.77. The average molecular weight is 218 g/mol. The van der Waals surface area contributed by atoms with Gasteiger partial charge in [-0.25, -0.2) is 0 Å². The third kappa shape index (κ3) is 3.92. The minimum absolute atomic E-state index is 0.0410. The van der Waals surface area contributed by atoms with Crippen molar-refractivity contribution in [1.29, 1.82) is 5.26 Å². The average Bonchev–Trinajstić information content (AvgIpc) is 2.31. The zero-order valence-corrected chi connectivity index (χ0v) is 9.86. The van der Waals surface area contributed by atoms with Gasteiger partial charge in [-0.3, -0.25) is 0 Å². The zero-order valence-electron chi connectivity index (χ0n) is 9.86. The van der Waals surface area contributed by atoms with Crippen LogP contribution in [0.4, 0.5) is 0 Å². The van der Waals surface area contributed by atoms with Gasteiger partial charge in [0.2, 0.25) is 0 Å². The molecule has 1 atom stereocenters. The van der Waals surface area contributed by atoms with Gasteiger partial charge in [0.15, 0.2) is 0 Å². The maximum atomic E-state index is 8.66. The standard InChI is InChI=1S/C13H18N2O/c1-3-16-13-7-5-4-6-12(13)10-15-9-11(2)8-14/h4-7,11,15H,3,9-10H2,1-2H3. The van der Waals surface area contributed by atoms with E-state index in [1.54, 1.807) is 0 Å². The van der Waals surface area contributed by atoms with Crippen LogP contribution in [0.25, 0.3) is 0 Å². The Morgan fingerprint density at radius 1 is 1.44 bits per heavy atom. The lowest BCUT2D eigenvalue weighted by molar-refractivity contribution is 0.335. The number of hydrogen-bond donors (Lipinski definition) is 1. The van der Waals surface area contributed by atoms with Crippen LogP contribution in [0.15, 0.2) is 24.3 Å². The molecule has 0 aliphatic carbocycles. The fraction of sp³-hybridized carbons (Fsp3) is 0.462. The van der Waals surface area contributed by atoms with E-state index in [2.05, 4.69) is 11.4 Å². The smallest absolute Gasteiger partial charge is 0.123 e. The number of rotatable bonds is 6. The quantitative estimate of drug-likeness (QED) is 0.797. The van der Waals surface area contributed by atoms with Gasteiger partial charge < -0.3 is 10.1 Å². The summed E-state index contributed by atoms with van der Waals surface area (Å²) in [7, 11) is 0. The SMILES string of the molecule is CCOc1ccccc1CNCC(C)C#N. The lowest BCUT2D eigenvalue weighted by Crippen LogP contribution is -2.20. The summed E-state index contributed by atoms with van der Waals surface area (Å²) < 4.78 is 5.52. The second-order valence-corrected chi connectivity index (χ2v) is 3.70. The van der Waals surface area contributed by atoms with Crippen LogP contribution < -0.4 is 10.1 Å². The molecule has 0 radical (unpaired) electrons. The molecule has 1 N–H and O–H groups in total. The van der Waals surface area contributed by atoms with Crippen LogP contribution in [0.5, 0.6) is 5.75 Å². The van der Waals surface area contributed by atoms with Crippen molar-refractivity contribution in [2.24, 2.45) is 5.92 Å². The third-order valence-electron chi connectivity index (χ3n) is 2.26. The predicted molar refractivity (Wildman–Crippen MR) is 64.1 cm³/mol. The molecule has 1 aromatic rings. The number of benzene rings is 1. The number of para-hydroxylation sites is 1. The Labute approximate surface area is 97.0 Å². The summed E-state index contributed by atoms with van der Waals surface area (Å²) in [6, 6.07) is 10.2. The second-order valence-electron chi connectivity index (χ2n) is 3.70. The minimum Gasteiger partial charge on any atom is -0.494 e. The zero-order chi connectivity index (χ0) is 11.8. The second kappa shape index (κ2) is 6.86. The molecule has 16 heavy (non-hydrogen) atoms. The molecule has 0 aliphatic heterocycles. The first kappa shape index (κ1) is 12.5. The lowest BCUT2D eigenvalue weighted by atomic mass is 10.1. The number of nitrogens with one attached hydrogen (secondary N) is 1. The van der Waals surface area contributed by atoms with E-state index in [0.29, 0.717) is 13.2 Å². The van der Waals surface area contributed by atoms with Gasteiger partial charge in [0.25, 0.3) is 0 Å². The molecule has 0 saturated carbocycles. The Morgan fingerprint density at radius 2 is 2.19 bits per heavy atom. The van der Waals surface area contributed by atoms with Gasteiger partial charge in [-0.1, -0.05) is 18.2 Å². The Hall–Kier alpha value is -1.53. The minimum atomic E-state index is 0.0410. The maximum absolute atomic E-state index is 8.66. The summed E-state index contributed by atoms with van der Waals surface area (Å²) in [4.78, 5) is 0. The summed E-state index contributed by atoms with van der Waals surface area (Å²) in [6.07, 6.45) is 0. The molecule has 0 aromatic heterocycles. The monoisotopic (exact) mass is 218 g/mol. The molecule has 1 rings (SSSR count). The molecular formula is C13H18N2O. The van der Waals surface area contributed by atoms with Crippen LogP contribution in [-0.4, -0.2) is 13.2 Å². The van der Waals surface area contributed by atoms with Crippen molar-refractivity contribution >= 4 is 0 Å². The topological polar surface area (TPSA) is 45.0 Å². The van der Waals surface area contributed by atoms with E-state index in [4.69, 9.17) is 10.00 Å². The molecule has 0 aliphatic rings.